The summed E-state index contributed by atoms with van der Waals surface area (Å²) in [6, 6.07) is 47.1. The molecule has 42 heavy (non-hydrogen) atoms. The Morgan fingerprint density at radius 2 is 1.43 bits per heavy atom. The van der Waals surface area contributed by atoms with Crippen LogP contribution in [0.1, 0.15) is 37.8 Å². The molecule has 0 N–H and O–H groups in total. The van der Waals surface area contributed by atoms with E-state index >= 15 is 0 Å². The van der Waals surface area contributed by atoms with Crippen LogP contribution in [0.3, 0.4) is 0 Å². The van der Waals surface area contributed by atoms with Crippen LogP contribution in [0, 0.1) is 6.07 Å². The van der Waals surface area contributed by atoms with Crippen molar-refractivity contribution in [2.75, 3.05) is 0 Å². The molecule has 206 valence electrons. The van der Waals surface area contributed by atoms with Crippen LogP contribution in [-0.2, 0) is 27.3 Å². The van der Waals surface area contributed by atoms with Crippen LogP contribution < -0.4 is 10.4 Å². The van der Waals surface area contributed by atoms with E-state index in [0.29, 0.717) is 5.92 Å². The zero-order valence-corrected chi connectivity index (χ0v) is 29.1. The molecule has 6 aromatic carbocycles. The van der Waals surface area contributed by atoms with Crippen molar-refractivity contribution < 1.29 is 20.8 Å². The van der Waals surface area contributed by atoms with Crippen LogP contribution in [0.2, 0.25) is 0 Å². The van der Waals surface area contributed by atoms with Gasteiger partial charge in [-0.05, 0) is 34.6 Å². The number of fused-ring (bicyclic) bond motifs is 4. The van der Waals surface area contributed by atoms with Crippen LogP contribution in [0.15, 0.2) is 121 Å². The number of hydrogen-bond donors (Lipinski definition) is 0. The van der Waals surface area contributed by atoms with Crippen molar-refractivity contribution in [3.8, 4) is 33.4 Å². The average molecular weight is 679 g/mol. The molecule has 1 aliphatic heterocycles. The summed E-state index contributed by atoms with van der Waals surface area (Å²) in [5.74, 6) is 0.491. The first-order valence-corrected chi connectivity index (χ1v) is 21.6. The molecule has 0 aliphatic carbocycles. The molecule has 1 heterocycles. The fraction of sp³-hybridized carbons (Fsp3) is 0.132. The van der Waals surface area contributed by atoms with Crippen molar-refractivity contribution in [3.05, 3.63) is 139 Å². The van der Waals surface area contributed by atoms with Gasteiger partial charge < -0.3 is 0 Å². The van der Waals surface area contributed by atoms with Crippen molar-refractivity contribution in [2.24, 2.45) is 0 Å². The summed E-state index contributed by atoms with van der Waals surface area (Å²) >= 11 is -0.826. The van der Waals surface area contributed by atoms with Gasteiger partial charge in [0.25, 0.3) is 0 Å². The Balaban J connectivity index is 0.000000183. The quantitative estimate of drug-likeness (QED) is 0.128. The Kier molecular flexibility index (Phi) is 10.8. The summed E-state index contributed by atoms with van der Waals surface area (Å²) < 4.78 is 0. The van der Waals surface area contributed by atoms with Gasteiger partial charge in [0, 0.05) is 0 Å². The van der Waals surface area contributed by atoms with Gasteiger partial charge in [-0.25, -0.2) is 0 Å². The van der Waals surface area contributed by atoms with Crippen molar-refractivity contribution in [1.82, 2.24) is 0 Å². The second-order valence-corrected chi connectivity index (χ2v) is 15.5. The summed E-state index contributed by atoms with van der Waals surface area (Å²) in [5.41, 5.74) is 10.9. The third-order valence-corrected chi connectivity index (χ3v) is 9.00. The topological polar surface area (TPSA) is 0 Å². The number of benzene rings is 5. The van der Waals surface area contributed by atoms with Gasteiger partial charge in [0.2, 0.25) is 0 Å². The van der Waals surface area contributed by atoms with Gasteiger partial charge in [-0.3, -0.25) is 0 Å². The van der Waals surface area contributed by atoms with E-state index in [1.165, 1.54) is 65.7 Å². The first kappa shape index (κ1) is 30.8. The molecule has 0 bridgehead atoms. The molecular formula is C38H32Cl2SiZr. The first-order valence-electron chi connectivity index (χ1n) is 14.3. The van der Waals surface area contributed by atoms with Gasteiger partial charge in [0.15, 0.2) is 0 Å². The summed E-state index contributed by atoms with van der Waals surface area (Å²) in [5, 5.41) is 5.54. The predicted molar refractivity (Wildman–Crippen MR) is 181 cm³/mol. The van der Waals surface area contributed by atoms with E-state index < -0.39 is 20.8 Å². The van der Waals surface area contributed by atoms with E-state index in [-0.39, 0.29) is 0 Å². The summed E-state index contributed by atoms with van der Waals surface area (Å²) in [4.78, 5) is 0. The van der Waals surface area contributed by atoms with E-state index in [2.05, 4.69) is 142 Å². The van der Waals surface area contributed by atoms with Crippen LogP contribution in [0.4, 0.5) is 0 Å². The van der Waals surface area contributed by atoms with Crippen LogP contribution in [0.25, 0.3) is 44.2 Å². The van der Waals surface area contributed by atoms with Gasteiger partial charge in [0.1, 0.15) is 0 Å². The monoisotopic (exact) mass is 676 g/mol. The van der Waals surface area contributed by atoms with Gasteiger partial charge >= 0.3 is 37.9 Å². The van der Waals surface area contributed by atoms with Crippen molar-refractivity contribution in [2.45, 2.75) is 33.1 Å². The fourth-order valence-corrected chi connectivity index (χ4v) is 6.96. The zero-order chi connectivity index (χ0) is 29.5. The molecule has 0 unspecified atom stereocenters. The molecule has 6 aromatic rings. The maximum absolute atomic E-state index is 4.93. The molecule has 1 aliphatic rings. The molecule has 4 heteroatoms. The molecule has 0 nitrogen and oxygen atoms in total. The third-order valence-electron chi connectivity index (χ3n) is 7.63. The maximum atomic E-state index is 4.93. The van der Waals surface area contributed by atoms with E-state index in [9.17, 15) is 0 Å². The van der Waals surface area contributed by atoms with E-state index in [0.717, 1.165) is 15.9 Å². The molecule has 0 saturated heterocycles. The van der Waals surface area contributed by atoms with Gasteiger partial charge in [0.05, 0.1) is 9.52 Å². The molecule has 2 radical (unpaired) electrons. The van der Waals surface area contributed by atoms with Crippen molar-refractivity contribution in [3.63, 3.8) is 0 Å². The van der Waals surface area contributed by atoms with E-state index in [4.69, 9.17) is 17.0 Å². The van der Waals surface area contributed by atoms with Gasteiger partial charge in [-0.2, -0.15) is 35.5 Å². The number of halogens is 2. The molecular weight excluding hydrogens is 647 g/mol. The molecule has 0 saturated carbocycles. The molecule has 0 spiro atoms. The maximum Gasteiger partial charge on any atom is 0.0920 e. The van der Waals surface area contributed by atoms with Crippen molar-refractivity contribution in [1.29, 1.82) is 0 Å². The van der Waals surface area contributed by atoms with Gasteiger partial charge in [-0.1, -0.05) is 122 Å². The second kappa shape index (κ2) is 14.7. The summed E-state index contributed by atoms with van der Waals surface area (Å²) in [7, 11) is 10.7. The fourth-order valence-electron chi connectivity index (χ4n) is 5.65. The smallest absolute Gasteiger partial charge is 0.0920 e. The second-order valence-electron chi connectivity index (χ2n) is 10.5. The zero-order valence-electron chi connectivity index (χ0n) is 24.1. The van der Waals surface area contributed by atoms with Gasteiger partial charge in [-0.15, -0.1) is 34.0 Å². The number of hydrogen-bond acceptors (Lipinski definition) is 0. The Bertz CT molecular complexity index is 1730. The number of aryl methyl sites for hydroxylation is 1. The van der Waals surface area contributed by atoms with Crippen LogP contribution in [-0.4, -0.2) is 9.52 Å². The van der Waals surface area contributed by atoms with Crippen LogP contribution >= 0.6 is 17.0 Å². The Hall–Kier alpha value is -2.61. The minimum Gasteiger partial charge on any atom is -0.184 e. The SMILES string of the molecule is CCc1cc2c(-c3ccccc3C(C)C)c(-c3ccccc3)ccc2[cH-]1.[Cl][Zr+2][Cl].[c-]1cccc2c1[Si]c1ccccc1-2. The van der Waals surface area contributed by atoms with E-state index in [1.54, 1.807) is 0 Å². The summed E-state index contributed by atoms with van der Waals surface area (Å²) in [6.07, 6.45) is 1.07. The normalized spacial score (nSPS) is 11.1. The van der Waals surface area contributed by atoms with Crippen LogP contribution in [0.5, 0.6) is 0 Å². The molecule has 0 amide bonds. The predicted octanol–water partition coefficient (Wildman–Crippen LogP) is 10.1. The summed E-state index contributed by atoms with van der Waals surface area (Å²) in [6.45, 7) is 6.79. The Morgan fingerprint density at radius 1 is 0.762 bits per heavy atom. The molecule has 0 fully saturated rings. The minimum atomic E-state index is -0.826. The molecule has 0 aromatic heterocycles. The average Bonchev–Trinajstić information content (AvgIpc) is 3.63. The molecule has 0 atom stereocenters. The Morgan fingerprint density at radius 3 is 2.17 bits per heavy atom. The molecule has 7 rings (SSSR count). The standard InChI is InChI=1S/C26H25.C12H7Si.2ClH.Zr/c1-4-19-16-21-14-15-23(20-10-6-5-7-11-20)26(25(21)17-19)24-13-9-8-12-22(24)18(2)3;1-3-7-11-9(5-1)10-6-2-4-8-12(10)13-11;;;/h5-18H,4H2,1-3H3;1-7H;2*1H;/q2*-1;;;+4/p-2. The third kappa shape index (κ3) is 6.79. The minimum absolute atomic E-state index is 0.491. The number of rotatable bonds is 4. The van der Waals surface area contributed by atoms with Crippen molar-refractivity contribution >= 4 is 47.7 Å². The largest absolute Gasteiger partial charge is 0.184 e. The Labute approximate surface area is 271 Å². The first-order chi connectivity index (χ1) is 20.5. The van der Waals surface area contributed by atoms with E-state index in [1.807, 2.05) is 6.07 Å².